The highest BCUT2D eigenvalue weighted by Crippen LogP contribution is 2.38. The first-order valence-electron chi connectivity index (χ1n) is 8.21. The zero-order chi connectivity index (χ0) is 13.1. The van der Waals surface area contributed by atoms with Crippen molar-refractivity contribution in [1.82, 2.24) is 5.32 Å². The summed E-state index contributed by atoms with van der Waals surface area (Å²) in [6.45, 7) is 4.63. The van der Waals surface area contributed by atoms with Gasteiger partial charge in [0.2, 0.25) is 0 Å². The van der Waals surface area contributed by atoms with Crippen LogP contribution in [0, 0.1) is 11.8 Å². The fourth-order valence-electron chi connectivity index (χ4n) is 3.93. The first kappa shape index (κ1) is 14.2. The minimum atomic E-state index is 0.238. The summed E-state index contributed by atoms with van der Waals surface area (Å²) in [5, 5.41) is 3.87. The van der Waals surface area contributed by atoms with Crippen LogP contribution in [0.4, 0.5) is 0 Å². The molecule has 19 heavy (non-hydrogen) atoms. The third-order valence-electron chi connectivity index (χ3n) is 5.39. The highest BCUT2D eigenvalue weighted by Gasteiger charge is 2.40. The molecule has 1 saturated carbocycles. The van der Waals surface area contributed by atoms with E-state index in [0.29, 0.717) is 6.04 Å². The Morgan fingerprint density at radius 1 is 1.21 bits per heavy atom. The number of hydrogen-bond donors (Lipinski definition) is 1. The topological polar surface area (TPSA) is 21.3 Å². The molecule has 3 heteroatoms. The highest BCUT2D eigenvalue weighted by molar-refractivity contribution is 7.99. The quantitative estimate of drug-likeness (QED) is 0.857. The van der Waals surface area contributed by atoms with Crippen LogP contribution in [0.15, 0.2) is 0 Å². The standard InChI is InChI=1S/C16H29NOS/c1-13-2-4-14(5-3-13)11-17-15-6-8-18-16(10-15)7-9-19-12-16/h13-15,17H,2-12H2,1H3. The molecule has 1 spiro atoms. The van der Waals surface area contributed by atoms with E-state index in [1.165, 1.54) is 63.0 Å². The number of nitrogens with one attached hydrogen (secondary N) is 1. The molecule has 2 heterocycles. The molecule has 3 rings (SSSR count). The molecule has 1 aliphatic carbocycles. The Balaban J connectivity index is 1.42. The average molecular weight is 283 g/mol. The molecule has 1 N–H and O–H groups in total. The Hall–Kier alpha value is 0.270. The Labute approximate surface area is 122 Å². The number of rotatable bonds is 3. The van der Waals surface area contributed by atoms with Crippen molar-refractivity contribution in [2.75, 3.05) is 24.7 Å². The van der Waals surface area contributed by atoms with E-state index in [9.17, 15) is 0 Å². The summed E-state index contributed by atoms with van der Waals surface area (Å²) in [5.74, 6) is 4.44. The second kappa shape index (κ2) is 6.36. The second-order valence-corrected chi connectivity index (χ2v) is 8.16. The zero-order valence-corrected chi connectivity index (χ0v) is 13.1. The molecule has 2 unspecified atom stereocenters. The van der Waals surface area contributed by atoms with Gasteiger partial charge in [0.15, 0.2) is 0 Å². The molecule has 0 amide bonds. The molecule has 0 radical (unpaired) electrons. The fraction of sp³-hybridized carbons (Fsp3) is 1.00. The zero-order valence-electron chi connectivity index (χ0n) is 12.3. The minimum absolute atomic E-state index is 0.238. The van der Waals surface area contributed by atoms with E-state index in [4.69, 9.17) is 4.74 Å². The van der Waals surface area contributed by atoms with Gasteiger partial charge in [-0.2, -0.15) is 11.8 Å². The molecular formula is C16H29NOS. The van der Waals surface area contributed by atoms with Crippen LogP contribution in [0.2, 0.25) is 0 Å². The summed E-state index contributed by atoms with van der Waals surface area (Å²) in [4.78, 5) is 0. The maximum absolute atomic E-state index is 6.10. The normalized spacial score (nSPS) is 43.7. The van der Waals surface area contributed by atoms with Crippen LogP contribution in [0.5, 0.6) is 0 Å². The van der Waals surface area contributed by atoms with E-state index in [1.54, 1.807) is 0 Å². The highest BCUT2D eigenvalue weighted by atomic mass is 32.2. The van der Waals surface area contributed by atoms with E-state index < -0.39 is 0 Å². The van der Waals surface area contributed by atoms with Gasteiger partial charge in [-0.15, -0.1) is 0 Å². The largest absolute Gasteiger partial charge is 0.374 e. The monoisotopic (exact) mass is 283 g/mol. The third kappa shape index (κ3) is 3.68. The van der Waals surface area contributed by atoms with Crippen molar-refractivity contribution in [2.45, 2.75) is 63.5 Å². The summed E-state index contributed by atoms with van der Waals surface area (Å²) >= 11 is 2.08. The van der Waals surface area contributed by atoms with Crippen LogP contribution in [-0.2, 0) is 4.74 Å². The minimum Gasteiger partial charge on any atom is -0.374 e. The average Bonchev–Trinajstić information content (AvgIpc) is 2.86. The molecule has 0 aromatic heterocycles. The van der Waals surface area contributed by atoms with Crippen molar-refractivity contribution in [2.24, 2.45) is 11.8 Å². The summed E-state index contributed by atoms with van der Waals surface area (Å²) in [6, 6.07) is 0.715. The Morgan fingerprint density at radius 2 is 2.05 bits per heavy atom. The summed E-state index contributed by atoms with van der Waals surface area (Å²) in [7, 11) is 0. The summed E-state index contributed by atoms with van der Waals surface area (Å²) in [5.41, 5.74) is 0.238. The maximum atomic E-state index is 6.10. The van der Waals surface area contributed by atoms with Gasteiger partial charge in [0.05, 0.1) is 5.60 Å². The van der Waals surface area contributed by atoms with Gasteiger partial charge >= 0.3 is 0 Å². The number of thioether (sulfide) groups is 1. The van der Waals surface area contributed by atoms with E-state index in [0.717, 1.165) is 18.4 Å². The number of hydrogen-bond acceptors (Lipinski definition) is 3. The SMILES string of the molecule is CC1CCC(CNC2CCOC3(CCSC3)C2)CC1. The van der Waals surface area contributed by atoms with E-state index >= 15 is 0 Å². The van der Waals surface area contributed by atoms with E-state index in [-0.39, 0.29) is 5.60 Å². The second-order valence-electron chi connectivity index (χ2n) is 7.06. The van der Waals surface area contributed by atoms with Gasteiger partial charge in [-0.1, -0.05) is 19.8 Å². The lowest BCUT2D eigenvalue weighted by atomic mass is 9.82. The van der Waals surface area contributed by atoms with Crippen molar-refractivity contribution >= 4 is 11.8 Å². The van der Waals surface area contributed by atoms with Crippen LogP contribution >= 0.6 is 11.8 Å². The molecule has 0 aromatic carbocycles. The van der Waals surface area contributed by atoms with Gasteiger partial charge in [-0.05, 0) is 56.2 Å². The Kier molecular flexibility index (Phi) is 4.76. The Morgan fingerprint density at radius 3 is 2.79 bits per heavy atom. The lowest BCUT2D eigenvalue weighted by Crippen LogP contribution is -2.48. The van der Waals surface area contributed by atoms with Crippen molar-refractivity contribution in [1.29, 1.82) is 0 Å². The van der Waals surface area contributed by atoms with Gasteiger partial charge in [-0.25, -0.2) is 0 Å². The first-order valence-corrected chi connectivity index (χ1v) is 9.36. The van der Waals surface area contributed by atoms with Crippen molar-refractivity contribution in [3.8, 4) is 0 Å². The van der Waals surface area contributed by atoms with Gasteiger partial charge in [0.25, 0.3) is 0 Å². The molecule has 3 fully saturated rings. The predicted molar refractivity (Wildman–Crippen MR) is 82.8 cm³/mol. The fourth-order valence-corrected chi connectivity index (χ4v) is 5.31. The van der Waals surface area contributed by atoms with Crippen molar-refractivity contribution < 1.29 is 4.74 Å². The van der Waals surface area contributed by atoms with Crippen LogP contribution in [0.25, 0.3) is 0 Å². The van der Waals surface area contributed by atoms with Crippen LogP contribution in [0.1, 0.15) is 51.9 Å². The molecule has 110 valence electrons. The smallest absolute Gasteiger partial charge is 0.0795 e. The van der Waals surface area contributed by atoms with Crippen LogP contribution in [-0.4, -0.2) is 36.3 Å². The van der Waals surface area contributed by atoms with E-state index in [2.05, 4.69) is 24.0 Å². The molecule has 0 bridgehead atoms. The summed E-state index contributed by atoms with van der Waals surface area (Å²) in [6.07, 6.45) is 9.52. The van der Waals surface area contributed by atoms with Crippen molar-refractivity contribution in [3.05, 3.63) is 0 Å². The van der Waals surface area contributed by atoms with E-state index in [1.807, 2.05) is 0 Å². The Bertz CT molecular complexity index is 282. The third-order valence-corrected chi connectivity index (χ3v) is 6.61. The molecule has 2 nitrogen and oxygen atoms in total. The molecule has 2 saturated heterocycles. The maximum Gasteiger partial charge on any atom is 0.0795 e. The van der Waals surface area contributed by atoms with Gasteiger partial charge in [0.1, 0.15) is 0 Å². The van der Waals surface area contributed by atoms with Crippen LogP contribution < -0.4 is 5.32 Å². The predicted octanol–water partition coefficient (Wildman–Crippen LogP) is 3.46. The lowest BCUT2D eigenvalue weighted by Gasteiger charge is -2.39. The molecule has 3 aliphatic rings. The van der Waals surface area contributed by atoms with Gasteiger partial charge in [0, 0.05) is 18.4 Å². The molecule has 2 aliphatic heterocycles. The number of ether oxygens (including phenoxy) is 1. The van der Waals surface area contributed by atoms with Crippen molar-refractivity contribution in [3.63, 3.8) is 0 Å². The summed E-state index contributed by atoms with van der Waals surface area (Å²) < 4.78 is 6.10. The molecule has 0 aromatic rings. The van der Waals surface area contributed by atoms with Gasteiger partial charge in [-0.3, -0.25) is 0 Å². The van der Waals surface area contributed by atoms with Crippen LogP contribution in [0.3, 0.4) is 0 Å². The molecular weight excluding hydrogens is 254 g/mol. The van der Waals surface area contributed by atoms with Gasteiger partial charge < -0.3 is 10.1 Å². The molecule has 2 atom stereocenters. The first-order chi connectivity index (χ1) is 9.26. The lowest BCUT2D eigenvalue weighted by molar-refractivity contribution is -0.0705.